The molecule has 1 N–H and O–H groups in total. The molecule has 0 radical (unpaired) electrons. The second-order valence-electron chi connectivity index (χ2n) is 6.39. The van der Waals surface area contributed by atoms with Crippen molar-refractivity contribution in [3.63, 3.8) is 0 Å². The zero-order valence-electron chi connectivity index (χ0n) is 18.4. The quantitative estimate of drug-likeness (QED) is 0.517. The SMILES string of the molecule is CCOc1ccc(CCNC(=O)COc2cc(OC)ccc2C(=O)OC)cc1OCC. The second kappa shape index (κ2) is 12.3. The molecule has 0 saturated heterocycles. The molecule has 8 nitrogen and oxygen atoms in total. The lowest BCUT2D eigenvalue weighted by molar-refractivity contribution is -0.123. The zero-order chi connectivity index (χ0) is 22.6. The van der Waals surface area contributed by atoms with E-state index in [0.717, 1.165) is 5.56 Å². The molecule has 0 heterocycles. The van der Waals surface area contributed by atoms with Crippen molar-refractivity contribution in [2.24, 2.45) is 0 Å². The lowest BCUT2D eigenvalue weighted by atomic mass is 10.1. The molecule has 0 saturated carbocycles. The summed E-state index contributed by atoms with van der Waals surface area (Å²) >= 11 is 0. The van der Waals surface area contributed by atoms with E-state index in [1.54, 1.807) is 6.07 Å². The van der Waals surface area contributed by atoms with Crippen molar-refractivity contribution < 1.29 is 33.3 Å². The predicted molar refractivity (Wildman–Crippen MR) is 115 cm³/mol. The molecule has 0 unspecified atom stereocenters. The Morgan fingerprint density at radius 3 is 2.29 bits per heavy atom. The molecular formula is C23H29NO7. The predicted octanol–water partition coefficient (Wildman–Crippen LogP) is 3.02. The van der Waals surface area contributed by atoms with E-state index >= 15 is 0 Å². The third-order valence-electron chi connectivity index (χ3n) is 4.30. The molecule has 0 aliphatic rings. The first-order valence-electron chi connectivity index (χ1n) is 10.1. The topological polar surface area (TPSA) is 92.3 Å². The number of rotatable bonds is 12. The summed E-state index contributed by atoms with van der Waals surface area (Å²) in [6.07, 6.45) is 0.616. The number of esters is 1. The van der Waals surface area contributed by atoms with Crippen LogP contribution in [0.1, 0.15) is 29.8 Å². The van der Waals surface area contributed by atoms with E-state index < -0.39 is 5.97 Å². The van der Waals surface area contributed by atoms with Gasteiger partial charge in [-0.1, -0.05) is 6.07 Å². The summed E-state index contributed by atoms with van der Waals surface area (Å²) in [5, 5.41) is 2.80. The molecule has 2 rings (SSSR count). The minimum absolute atomic E-state index is 0.217. The minimum atomic E-state index is -0.557. The van der Waals surface area contributed by atoms with Gasteiger partial charge in [-0.3, -0.25) is 4.79 Å². The van der Waals surface area contributed by atoms with E-state index in [4.69, 9.17) is 23.7 Å². The van der Waals surface area contributed by atoms with Gasteiger partial charge in [0, 0.05) is 12.6 Å². The number of ether oxygens (including phenoxy) is 5. The van der Waals surface area contributed by atoms with Gasteiger partial charge in [0.1, 0.15) is 17.1 Å². The summed E-state index contributed by atoms with van der Waals surface area (Å²) < 4.78 is 26.6. The Kier molecular flexibility index (Phi) is 9.48. The average Bonchev–Trinajstić information content (AvgIpc) is 2.78. The molecule has 0 fully saturated rings. The molecule has 1 amide bonds. The summed E-state index contributed by atoms with van der Waals surface area (Å²) in [4.78, 5) is 24.1. The molecule has 2 aromatic carbocycles. The first-order chi connectivity index (χ1) is 15.0. The average molecular weight is 431 g/mol. The first kappa shape index (κ1) is 23.9. The van der Waals surface area contributed by atoms with E-state index in [2.05, 4.69) is 5.32 Å². The van der Waals surface area contributed by atoms with E-state index in [-0.39, 0.29) is 23.8 Å². The molecular weight excluding hydrogens is 402 g/mol. The Morgan fingerprint density at radius 2 is 1.61 bits per heavy atom. The fourth-order valence-electron chi connectivity index (χ4n) is 2.82. The van der Waals surface area contributed by atoms with Crippen LogP contribution in [0.2, 0.25) is 0 Å². The molecule has 0 aliphatic heterocycles. The molecule has 8 heteroatoms. The van der Waals surface area contributed by atoms with Crippen LogP contribution in [-0.4, -0.2) is 52.5 Å². The summed E-state index contributed by atoms with van der Waals surface area (Å²) in [7, 11) is 2.78. The Hall–Kier alpha value is -3.42. The summed E-state index contributed by atoms with van der Waals surface area (Å²) in [6.45, 7) is 5.10. The van der Waals surface area contributed by atoms with Gasteiger partial charge in [-0.2, -0.15) is 0 Å². The molecule has 0 atom stereocenters. The summed E-state index contributed by atoms with van der Waals surface area (Å²) in [5.41, 5.74) is 1.22. The maximum Gasteiger partial charge on any atom is 0.341 e. The van der Waals surface area contributed by atoms with Crippen molar-refractivity contribution >= 4 is 11.9 Å². The number of hydrogen-bond donors (Lipinski definition) is 1. The number of methoxy groups -OCH3 is 2. The van der Waals surface area contributed by atoms with Gasteiger partial charge in [0.2, 0.25) is 0 Å². The highest BCUT2D eigenvalue weighted by Crippen LogP contribution is 2.28. The molecule has 2 aromatic rings. The van der Waals surface area contributed by atoms with Gasteiger partial charge in [-0.05, 0) is 50.1 Å². The number of carbonyl (C=O) groups is 2. The van der Waals surface area contributed by atoms with Gasteiger partial charge < -0.3 is 29.0 Å². The maximum atomic E-state index is 12.2. The largest absolute Gasteiger partial charge is 0.497 e. The van der Waals surface area contributed by atoms with Crippen molar-refractivity contribution in [3.05, 3.63) is 47.5 Å². The smallest absolute Gasteiger partial charge is 0.341 e. The first-order valence-corrected chi connectivity index (χ1v) is 10.1. The minimum Gasteiger partial charge on any atom is -0.497 e. The number of carbonyl (C=O) groups excluding carboxylic acids is 2. The van der Waals surface area contributed by atoms with Crippen molar-refractivity contribution in [2.75, 3.05) is 40.6 Å². The van der Waals surface area contributed by atoms with Gasteiger partial charge in [-0.25, -0.2) is 4.79 Å². The normalized spacial score (nSPS) is 10.2. The third-order valence-corrected chi connectivity index (χ3v) is 4.30. The van der Waals surface area contributed by atoms with Crippen LogP contribution in [0.25, 0.3) is 0 Å². The van der Waals surface area contributed by atoms with Crippen LogP contribution < -0.4 is 24.3 Å². The van der Waals surface area contributed by atoms with Gasteiger partial charge in [0.15, 0.2) is 18.1 Å². The number of benzene rings is 2. The number of amides is 1. The van der Waals surface area contributed by atoms with Gasteiger partial charge in [0.25, 0.3) is 5.91 Å². The molecule has 0 spiro atoms. The van der Waals surface area contributed by atoms with Crippen LogP contribution in [0.15, 0.2) is 36.4 Å². The van der Waals surface area contributed by atoms with Crippen molar-refractivity contribution in [1.29, 1.82) is 0 Å². The Labute approximate surface area is 182 Å². The lowest BCUT2D eigenvalue weighted by Gasteiger charge is -2.13. The number of hydrogen-bond acceptors (Lipinski definition) is 7. The van der Waals surface area contributed by atoms with Crippen molar-refractivity contribution in [1.82, 2.24) is 5.32 Å². The van der Waals surface area contributed by atoms with Crippen LogP contribution >= 0.6 is 0 Å². The summed E-state index contributed by atoms with van der Waals surface area (Å²) in [5.74, 6) is 1.24. The van der Waals surface area contributed by atoms with Gasteiger partial charge in [0.05, 0.1) is 27.4 Å². The van der Waals surface area contributed by atoms with Crippen molar-refractivity contribution in [2.45, 2.75) is 20.3 Å². The maximum absolute atomic E-state index is 12.2. The second-order valence-corrected chi connectivity index (χ2v) is 6.39. The van der Waals surface area contributed by atoms with E-state index in [1.165, 1.54) is 26.4 Å². The van der Waals surface area contributed by atoms with Crippen LogP contribution in [0.4, 0.5) is 0 Å². The van der Waals surface area contributed by atoms with E-state index in [9.17, 15) is 9.59 Å². The monoisotopic (exact) mass is 431 g/mol. The van der Waals surface area contributed by atoms with Crippen molar-refractivity contribution in [3.8, 4) is 23.0 Å². The third kappa shape index (κ3) is 7.09. The Morgan fingerprint density at radius 1 is 0.871 bits per heavy atom. The van der Waals surface area contributed by atoms with Gasteiger partial charge >= 0.3 is 5.97 Å². The van der Waals surface area contributed by atoms with E-state index in [0.29, 0.717) is 43.4 Å². The highest BCUT2D eigenvalue weighted by atomic mass is 16.5. The van der Waals surface area contributed by atoms with Crippen LogP contribution in [-0.2, 0) is 16.0 Å². The van der Waals surface area contributed by atoms with E-state index in [1.807, 2.05) is 32.0 Å². The molecule has 0 aliphatic carbocycles. The number of nitrogens with one attached hydrogen (secondary N) is 1. The van der Waals surface area contributed by atoms with Crippen LogP contribution in [0.5, 0.6) is 23.0 Å². The molecule has 168 valence electrons. The lowest BCUT2D eigenvalue weighted by Crippen LogP contribution is -2.30. The Bertz CT molecular complexity index is 882. The van der Waals surface area contributed by atoms with Crippen LogP contribution in [0.3, 0.4) is 0 Å². The Balaban J connectivity index is 1.90. The highest BCUT2D eigenvalue weighted by molar-refractivity contribution is 5.92. The molecule has 0 bridgehead atoms. The van der Waals surface area contributed by atoms with Gasteiger partial charge in [-0.15, -0.1) is 0 Å². The fraction of sp³-hybridized carbons (Fsp3) is 0.391. The van der Waals surface area contributed by atoms with Crippen LogP contribution in [0, 0.1) is 0 Å². The zero-order valence-corrected chi connectivity index (χ0v) is 18.4. The highest BCUT2D eigenvalue weighted by Gasteiger charge is 2.15. The standard InChI is InChI=1S/C23H29NO7/c1-5-29-19-10-7-16(13-21(19)30-6-2)11-12-24-22(25)15-31-20-14-17(27-3)8-9-18(20)23(26)28-4/h7-10,13-14H,5-6,11-12,15H2,1-4H3,(H,24,25). The molecule has 31 heavy (non-hydrogen) atoms. The fourth-order valence-corrected chi connectivity index (χ4v) is 2.82. The summed E-state index contributed by atoms with van der Waals surface area (Å²) in [6, 6.07) is 10.4. The molecule has 0 aromatic heterocycles.